The van der Waals surface area contributed by atoms with Crippen molar-refractivity contribution in [2.45, 2.75) is 19.6 Å². The molecule has 1 heterocycles. The van der Waals surface area contributed by atoms with Gasteiger partial charge in [-0.3, -0.25) is 4.79 Å². The van der Waals surface area contributed by atoms with Gasteiger partial charge in [-0.25, -0.2) is 9.37 Å². The lowest BCUT2D eigenvalue weighted by molar-refractivity contribution is -0.118. The molecule has 5 nitrogen and oxygen atoms in total. The lowest BCUT2D eigenvalue weighted by Gasteiger charge is -2.10. The van der Waals surface area contributed by atoms with Crippen molar-refractivity contribution < 1.29 is 13.9 Å². The summed E-state index contributed by atoms with van der Waals surface area (Å²) >= 11 is 0. The molecule has 1 amide bonds. The van der Waals surface area contributed by atoms with E-state index in [1.807, 2.05) is 66.2 Å². The molecule has 0 aliphatic carbocycles. The summed E-state index contributed by atoms with van der Waals surface area (Å²) in [6, 6.07) is 14.7. The summed E-state index contributed by atoms with van der Waals surface area (Å²) in [5.41, 5.74) is 3.34. The van der Waals surface area contributed by atoms with Gasteiger partial charge in [0.25, 0.3) is 0 Å². The fourth-order valence-electron chi connectivity index (χ4n) is 2.81. The van der Waals surface area contributed by atoms with Gasteiger partial charge < -0.3 is 14.6 Å². The molecule has 1 aromatic heterocycles. The van der Waals surface area contributed by atoms with E-state index >= 15 is 0 Å². The maximum absolute atomic E-state index is 14.0. The van der Waals surface area contributed by atoms with Crippen molar-refractivity contribution in [1.29, 1.82) is 0 Å². The SMILES string of the molecule is COc1cc(C=CC(=O)N[C@@H](F)Cc2ccccc2)ccc1-n1cnc(C)c1. The van der Waals surface area contributed by atoms with Crippen molar-refractivity contribution in [1.82, 2.24) is 14.9 Å². The molecule has 0 unspecified atom stereocenters. The summed E-state index contributed by atoms with van der Waals surface area (Å²) in [5.74, 6) is 0.157. The van der Waals surface area contributed by atoms with Gasteiger partial charge in [0.2, 0.25) is 5.91 Å². The average Bonchev–Trinajstić information content (AvgIpc) is 3.13. The second-order valence-corrected chi connectivity index (χ2v) is 6.35. The topological polar surface area (TPSA) is 56.1 Å². The minimum Gasteiger partial charge on any atom is -0.495 e. The Balaban J connectivity index is 1.64. The van der Waals surface area contributed by atoms with E-state index < -0.39 is 12.2 Å². The summed E-state index contributed by atoms with van der Waals surface area (Å²) in [6.07, 6.45) is 5.23. The predicted octanol–water partition coefficient (Wildman–Crippen LogP) is 3.86. The molecule has 0 radical (unpaired) electrons. The predicted molar refractivity (Wildman–Crippen MR) is 107 cm³/mol. The van der Waals surface area contributed by atoms with Crippen LogP contribution in [0.15, 0.2) is 67.1 Å². The largest absolute Gasteiger partial charge is 0.495 e. The Morgan fingerprint density at radius 3 is 2.75 bits per heavy atom. The van der Waals surface area contributed by atoms with Crippen LogP contribution in [0.2, 0.25) is 0 Å². The number of halogens is 1. The molecular formula is C22H22FN3O2. The van der Waals surface area contributed by atoms with Crippen molar-refractivity contribution in [3.8, 4) is 11.4 Å². The van der Waals surface area contributed by atoms with E-state index in [0.717, 1.165) is 22.5 Å². The van der Waals surface area contributed by atoms with Crippen molar-refractivity contribution in [3.05, 3.63) is 84.0 Å². The Hall–Kier alpha value is -3.41. The number of nitrogens with zero attached hydrogens (tertiary/aromatic N) is 2. The summed E-state index contributed by atoms with van der Waals surface area (Å²) in [6.45, 7) is 1.91. The first-order valence-corrected chi connectivity index (χ1v) is 8.91. The molecule has 0 aliphatic rings. The third-order valence-electron chi connectivity index (χ3n) is 4.18. The Kier molecular flexibility index (Phi) is 6.22. The number of ether oxygens (including phenoxy) is 1. The molecule has 2 aromatic carbocycles. The monoisotopic (exact) mass is 379 g/mol. The van der Waals surface area contributed by atoms with Gasteiger partial charge in [-0.15, -0.1) is 0 Å². The van der Waals surface area contributed by atoms with Crippen LogP contribution < -0.4 is 10.1 Å². The van der Waals surface area contributed by atoms with Gasteiger partial charge in [-0.1, -0.05) is 36.4 Å². The first kappa shape index (κ1) is 19.4. The van der Waals surface area contributed by atoms with E-state index in [9.17, 15) is 9.18 Å². The number of hydrogen-bond donors (Lipinski definition) is 1. The molecule has 0 spiro atoms. The van der Waals surface area contributed by atoms with E-state index in [1.165, 1.54) is 6.08 Å². The molecule has 0 saturated heterocycles. The second-order valence-electron chi connectivity index (χ2n) is 6.35. The maximum Gasteiger partial charge on any atom is 0.246 e. The zero-order valence-electron chi connectivity index (χ0n) is 15.8. The minimum absolute atomic E-state index is 0.132. The summed E-state index contributed by atoms with van der Waals surface area (Å²) in [4.78, 5) is 16.2. The Bertz CT molecular complexity index is 967. The number of benzene rings is 2. The van der Waals surface area contributed by atoms with Crippen molar-refractivity contribution in [2.24, 2.45) is 0 Å². The van der Waals surface area contributed by atoms with Crippen LogP contribution in [-0.4, -0.2) is 28.9 Å². The number of amides is 1. The summed E-state index contributed by atoms with van der Waals surface area (Å²) < 4.78 is 21.3. The molecule has 6 heteroatoms. The highest BCUT2D eigenvalue weighted by Gasteiger charge is 2.10. The molecule has 0 bridgehead atoms. The highest BCUT2D eigenvalue weighted by Crippen LogP contribution is 2.25. The number of aromatic nitrogens is 2. The van der Waals surface area contributed by atoms with E-state index in [1.54, 1.807) is 19.5 Å². The van der Waals surface area contributed by atoms with Gasteiger partial charge in [-0.05, 0) is 36.3 Å². The van der Waals surface area contributed by atoms with Gasteiger partial charge in [0, 0.05) is 18.7 Å². The standard InChI is InChI=1S/C22H22FN3O2/c1-16-14-26(15-24-16)19-10-8-18(12-20(19)28-2)9-11-22(27)25-21(23)13-17-6-4-3-5-7-17/h3-12,14-15,21H,13H2,1-2H3,(H,25,27)/t21-/m1/s1. The van der Waals surface area contributed by atoms with E-state index in [-0.39, 0.29) is 6.42 Å². The quantitative estimate of drug-likeness (QED) is 0.501. The summed E-state index contributed by atoms with van der Waals surface area (Å²) in [5, 5.41) is 2.33. The van der Waals surface area contributed by atoms with Gasteiger partial charge >= 0.3 is 0 Å². The Labute approximate surface area is 163 Å². The number of aryl methyl sites for hydroxylation is 1. The lowest BCUT2D eigenvalue weighted by Crippen LogP contribution is -2.31. The Morgan fingerprint density at radius 1 is 1.29 bits per heavy atom. The molecule has 28 heavy (non-hydrogen) atoms. The van der Waals surface area contributed by atoms with E-state index in [4.69, 9.17) is 4.74 Å². The van der Waals surface area contributed by atoms with Crippen LogP contribution in [-0.2, 0) is 11.2 Å². The van der Waals surface area contributed by atoms with Gasteiger partial charge in [0.1, 0.15) is 5.75 Å². The smallest absolute Gasteiger partial charge is 0.246 e. The highest BCUT2D eigenvalue weighted by atomic mass is 19.1. The number of carbonyl (C=O) groups excluding carboxylic acids is 1. The molecule has 0 aliphatic heterocycles. The van der Waals surface area contributed by atoms with Crippen LogP contribution in [0.25, 0.3) is 11.8 Å². The lowest BCUT2D eigenvalue weighted by atomic mass is 10.1. The molecular weight excluding hydrogens is 357 g/mol. The molecule has 1 atom stereocenters. The normalized spacial score (nSPS) is 12.1. The number of carbonyl (C=O) groups is 1. The number of nitrogens with one attached hydrogen (secondary N) is 1. The van der Waals surface area contributed by atoms with Crippen LogP contribution in [0.4, 0.5) is 4.39 Å². The molecule has 0 fully saturated rings. The molecule has 3 rings (SSSR count). The highest BCUT2D eigenvalue weighted by molar-refractivity contribution is 5.91. The molecule has 144 valence electrons. The number of methoxy groups -OCH3 is 1. The first-order valence-electron chi connectivity index (χ1n) is 8.91. The number of hydrogen-bond acceptors (Lipinski definition) is 3. The fraction of sp³-hybridized carbons (Fsp3) is 0.182. The second kappa shape index (κ2) is 8.99. The number of imidazole rings is 1. The summed E-state index contributed by atoms with van der Waals surface area (Å²) in [7, 11) is 1.58. The first-order chi connectivity index (χ1) is 13.5. The fourth-order valence-corrected chi connectivity index (χ4v) is 2.81. The molecule has 0 saturated carbocycles. The van der Waals surface area contributed by atoms with Gasteiger partial charge in [0.15, 0.2) is 6.30 Å². The van der Waals surface area contributed by atoms with Crippen LogP contribution in [0, 0.1) is 6.92 Å². The average molecular weight is 379 g/mol. The van der Waals surface area contributed by atoms with Crippen LogP contribution in [0.3, 0.4) is 0 Å². The van der Waals surface area contributed by atoms with E-state index in [2.05, 4.69) is 10.3 Å². The van der Waals surface area contributed by atoms with Crippen molar-refractivity contribution in [2.75, 3.05) is 7.11 Å². The maximum atomic E-state index is 14.0. The van der Waals surface area contributed by atoms with Crippen LogP contribution in [0.1, 0.15) is 16.8 Å². The number of rotatable bonds is 7. The van der Waals surface area contributed by atoms with E-state index in [0.29, 0.717) is 5.75 Å². The third-order valence-corrected chi connectivity index (χ3v) is 4.18. The van der Waals surface area contributed by atoms with Gasteiger partial charge in [-0.2, -0.15) is 0 Å². The minimum atomic E-state index is -1.44. The number of alkyl halides is 1. The van der Waals surface area contributed by atoms with Crippen LogP contribution >= 0.6 is 0 Å². The Morgan fingerprint density at radius 2 is 2.07 bits per heavy atom. The zero-order chi connectivity index (χ0) is 19.9. The van der Waals surface area contributed by atoms with Gasteiger partial charge in [0.05, 0.1) is 24.8 Å². The van der Waals surface area contributed by atoms with Crippen LogP contribution in [0.5, 0.6) is 5.75 Å². The van der Waals surface area contributed by atoms with Crippen molar-refractivity contribution >= 4 is 12.0 Å². The zero-order valence-corrected chi connectivity index (χ0v) is 15.8. The molecule has 3 aromatic rings. The molecule has 1 N–H and O–H groups in total. The third kappa shape index (κ3) is 5.07. The van der Waals surface area contributed by atoms with Crippen molar-refractivity contribution in [3.63, 3.8) is 0 Å².